The smallest absolute Gasteiger partial charge is 0.460 e. The molecule has 0 aromatic heterocycles. The molecule has 0 aromatic rings. The zero-order valence-corrected chi connectivity index (χ0v) is 12.0. The minimum Gasteiger partial charge on any atom is -0.460 e. The van der Waals surface area contributed by atoms with E-state index in [4.69, 9.17) is 4.74 Å². The van der Waals surface area contributed by atoms with E-state index in [0.29, 0.717) is 0 Å². The largest absolute Gasteiger partial charge is 0.534 e. The molecule has 0 fully saturated rings. The number of carbonyl (C=O) groups is 1. The summed E-state index contributed by atoms with van der Waals surface area (Å²) in [6, 6.07) is 0. The number of alkyl halides is 3. The van der Waals surface area contributed by atoms with Crippen molar-refractivity contribution in [2.45, 2.75) is 44.7 Å². The summed E-state index contributed by atoms with van der Waals surface area (Å²) in [7, 11) is -5.69. The Morgan fingerprint density at radius 2 is 1.85 bits per heavy atom. The molecule has 0 saturated heterocycles. The van der Waals surface area contributed by atoms with Gasteiger partial charge in [-0.3, -0.25) is 4.79 Å². The van der Waals surface area contributed by atoms with E-state index in [2.05, 4.69) is 4.18 Å². The van der Waals surface area contributed by atoms with Gasteiger partial charge in [0, 0.05) is 6.42 Å². The van der Waals surface area contributed by atoms with E-state index in [1.54, 1.807) is 20.8 Å². The summed E-state index contributed by atoms with van der Waals surface area (Å²) in [5, 5.41) is 0. The molecular weight excluding hydrogens is 301 g/mol. The van der Waals surface area contributed by atoms with Crippen molar-refractivity contribution in [3.8, 4) is 0 Å². The van der Waals surface area contributed by atoms with Crippen LogP contribution in [0.2, 0.25) is 0 Å². The van der Waals surface area contributed by atoms with Crippen LogP contribution in [0.5, 0.6) is 0 Å². The number of ether oxygens (including phenoxy) is 1. The summed E-state index contributed by atoms with van der Waals surface area (Å²) >= 11 is 0. The third-order valence-corrected chi connectivity index (χ3v) is 3.32. The fourth-order valence-corrected chi connectivity index (χ4v) is 2.02. The van der Waals surface area contributed by atoms with Crippen LogP contribution in [0.15, 0.2) is 11.8 Å². The van der Waals surface area contributed by atoms with E-state index in [9.17, 15) is 26.4 Å². The molecule has 0 heterocycles. The van der Waals surface area contributed by atoms with Gasteiger partial charge in [-0.05, 0) is 33.3 Å². The van der Waals surface area contributed by atoms with Gasteiger partial charge in [0.05, 0.1) is 5.92 Å². The first-order chi connectivity index (χ1) is 8.82. The van der Waals surface area contributed by atoms with Crippen LogP contribution in [0.3, 0.4) is 0 Å². The van der Waals surface area contributed by atoms with Crippen molar-refractivity contribution in [3.05, 3.63) is 11.8 Å². The maximum atomic E-state index is 12.1. The standard InChI is InChI=1S/C11H15F3O5S/c1-10(2,3)18-9(15)7-4-5-8(6-7)19-20(16,17)11(12,13)14/h5,7H,4,6H2,1-3H3. The molecule has 0 amide bonds. The fourth-order valence-electron chi connectivity index (χ4n) is 1.50. The molecule has 1 aliphatic carbocycles. The third-order valence-electron chi connectivity index (χ3n) is 2.32. The predicted octanol–water partition coefficient (Wildman–Crippen LogP) is 2.49. The van der Waals surface area contributed by atoms with Gasteiger partial charge in [-0.15, -0.1) is 0 Å². The Kier molecular flexibility index (Phi) is 4.42. The summed E-state index contributed by atoms with van der Waals surface area (Å²) in [5.41, 5.74) is -6.21. The summed E-state index contributed by atoms with van der Waals surface area (Å²) in [6.45, 7) is 4.95. The van der Waals surface area contributed by atoms with E-state index in [-0.39, 0.29) is 12.8 Å². The van der Waals surface area contributed by atoms with Gasteiger partial charge in [-0.1, -0.05) is 0 Å². The summed E-state index contributed by atoms with van der Waals surface area (Å²) < 4.78 is 67.1. The molecule has 20 heavy (non-hydrogen) atoms. The average Bonchev–Trinajstić information content (AvgIpc) is 2.60. The van der Waals surface area contributed by atoms with Gasteiger partial charge in [-0.25, -0.2) is 0 Å². The van der Waals surface area contributed by atoms with Crippen LogP contribution < -0.4 is 0 Å². The third kappa shape index (κ3) is 4.39. The van der Waals surface area contributed by atoms with Gasteiger partial charge >= 0.3 is 21.6 Å². The van der Waals surface area contributed by atoms with E-state index < -0.39 is 38.9 Å². The fraction of sp³-hybridized carbons (Fsp3) is 0.727. The first-order valence-electron chi connectivity index (χ1n) is 5.74. The maximum Gasteiger partial charge on any atom is 0.534 e. The number of hydrogen-bond acceptors (Lipinski definition) is 5. The van der Waals surface area contributed by atoms with Gasteiger partial charge < -0.3 is 8.92 Å². The van der Waals surface area contributed by atoms with Crippen LogP contribution >= 0.6 is 0 Å². The summed E-state index contributed by atoms with van der Waals surface area (Å²) in [6.07, 6.45) is 1.000. The second-order valence-corrected chi connectivity index (χ2v) is 6.86. The molecule has 0 aliphatic heterocycles. The second-order valence-electron chi connectivity index (χ2n) is 5.32. The van der Waals surface area contributed by atoms with Gasteiger partial charge in [0.25, 0.3) is 0 Å². The quantitative estimate of drug-likeness (QED) is 0.454. The lowest BCUT2D eigenvalue weighted by molar-refractivity contribution is -0.159. The molecule has 0 saturated carbocycles. The zero-order valence-electron chi connectivity index (χ0n) is 11.2. The number of carbonyl (C=O) groups excluding carboxylic acids is 1. The predicted molar refractivity (Wildman–Crippen MR) is 62.7 cm³/mol. The molecule has 0 spiro atoms. The zero-order chi connectivity index (χ0) is 15.8. The lowest BCUT2D eigenvalue weighted by atomic mass is 10.1. The number of esters is 1. The highest BCUT2D eigenvalue weighted by molar-refractivity contribution is 7.87. The van der Waals surface area contributed by atoms with E-state index in [1.165, 1.54) is 0 Å². The molecule has 0 radical (unpaired) electrons. The Labute approximate surface area is 114 Å². The lowest BCUT2D eigenvalue weighted by Gasteiger charge is -2.22. The molecule has 0 N–H and O–H groups in total. The van der Waals surface area contributed by atoms with Crippen LogP contribution in [0.1, 0.15) is 33.6 Å². The number of halogens is 3. The van der Waals surface area contributed by atoms with E-state index in [0.717, 1.165) is 6.08 Å². The van der Waals surface area contributed by atoms with Crippen LogP contribution in [-0.2, 0) is 23.8 Å². The second kappa shape index (κ2) is 5.27. The van der Waals surface area contributed by atoms with Crippen molar-refractivity contribution in [2.75, 3.05) is 0 Å². The molecule has 1 rings (SSSR count). The van der Waals surface area contributed by atoms with Crippen LogP contribution in [0.25, 0.3) is 0 Å². The summed E-state index contributed by atoms with van der Waals surface area (Å²) in [5.74, 6) is -1.72. The first kappa shape index (κ1) is 16.8. The Hall–Kier alpha value is -1.25. The monoisotopic (exact) mass is 316 g/mol. The number of rotatable bonds is 3. The molecular formula is C11H15F3O5S. The molecule has 0 aromatic carbocycles. The van der Waals surface area contributed by atoms with Crippen molar-refractivity contribution in [1.82, 2.24) is 0 Å². The minimum atomic E-state index is -5.69. The van der Waals surface area contributed by atoms with Gasteiger partial charge in [0.15, 0.2) is 0 Å². The normalized spacial score (nSPS) is 20.5. The topological polar surface area (TPSA) is 69.7 Å². The molecule has 1 atom stereocenters. The molecule has 1 aliphatic rings. The molecule has 0 bridgehead atoms. The Morgan fingerprint density at radius 1 is 1.30 bits per heavy atom. The SMILES string of the molecule is CC(C)(C)OC(=O)C1CC=C(OS(=O)(=O)C(F)(F)F)C1. The highest BCUT2D eigenvalue weighted by Crippen LogP contribution is 2.33. The van der Waals surface area contributed by atoms with Crippen molar-refractivity contribution >= 4 is 16.1 Å². The van der Waals surface area contributed by atoms with Crippen LogP contribution in [0.4, 0.5) is 13.2 Å². The van der Waals surface area contributed by atoms with Crippen molar-refractivity contribution in [3.63, 3.8) is 0 Å². The molecule has 9 heteroatoms. The maximum absolute atomic E-state index is 12.1. The van der Waals surface area contributed by atoms with Crippen molar-refractivity contribution in [1.29, 1.82) is 0 Å². The molecule has 1 unspecified atom stereocenters. The van der Waals surface area contributed by atoms with Crippen LogP contribution in [0, 0.1) is 5.92 Å². The average molecular weight is 316 g/mol. The summed E-state index contributed by atoms with van der Waals surface area (Å²) in [4.78, 5) is 11.7. The van der Waals surface area contributed by atoms with Crippen molar-refractivity contribution in [2.24, 2.45) is 5.92 Å². The Morgan fingerprint density at radius 3 is 2.30 bits per heavy atom. The van der Waals surface area contributed by atoms with Gasteiger partial charge in [0.1, 0.15) is 11.4 Å². The highest BCUT2D eigenvalue weighted by atomic mass is 32.2. The van der Waals surface area contributed by atoms with E-state index in [1.807, 2.05) is 0 Å². The van der Waals surface area contributed by atoms with Crippen molar-refractivity contribution < 1.29 is 35.3 Å². The highest BCUT2D eigenvalue weighted by Gasteiger charge is 2.49. The number of hydrogen-bond donors (Lipinski definition) is 0. The van der Waals surface area contributed by atoms with Gasteiger partial charge in [-0.2, -0.15) is 21.6 Å². The minimum absolute atomic E-state index is 0.0810. The first-order valence-corrected chi connectivity index (χ1v) is 7.15. The Bertz CT molecular complexity index is 513. The molecule has 116 valence electrons. The van der Waals surface area contributed by atoms with Gasteiger partial charge in [0.2, 0.25) is 0 Å². The van der Waals surface area contributed by atoms with Crippen LogP contribution in [-0.4, -0.2) is 25.5 Å². The Balaban J connectivity index is 2.63. The van der Waals surface area contributed by atoms with E-state index >= 15 is 0 Å². The number of allylic oxidation sites excluding steroid dienone is 2. The molecule has 5 nitrogen and oxygen atoms in total. The lowest BCUT2D eigenvalue weighted by Crippen LogP contribution is -2.28.